The van der Waals surface area contributed by atoms with Crippen molar-refractivity contribution in [1.82, 2.24) is 4.98 Å². The number of hydrogen-bond acceptors (Lipinski definition) is 4. The van der Waals surface area contributed by atoms with Crippen LogP contribution in [0.3, 0.4) is 0 Å². The first kappa shape index (κ1) is 11.4. The minimum absolute atomic E-state index is 0.378. The number of aldehydes is 1. The van der Waals surface area contributed by atoms with Crippen molar-refractivity contribution in [2.45, 2.75) is 19.3 Å². The Morgan fingerprint density at radius 2 is 2.13 bits per heavy atom. The number of rotatable bonds is 3. The lowest BCUT2D eigenvalue weighted by Gasteiger charge is -2.15. The first-order chi connectivity index (χ1) is 7.01. The Kier molecular flexibility index (Phi) is 3.19. The molecule has 4 heteroatoms. The quantitative estimate of drug-likeness (QED) is 0.554. The zero-order valence-corrected chi connectivity index (χ0v) is 8.98. The Morgan fingerprint density at radius 3 is 2.53 bits per heavy atom. The summed E-state index contributed by atoms with van der Waals surface area (Å²) in [5, 5.41) is 0. The third-order valence-corrected chi connectivity index (χ3v) is 2.14. The van der Waals surface area contributed by atoms with E-state index in [0.717, 1.165) is 6.29 Å². The van der Waals surface area contributed by atoms with Crippen LogP contribution in [-0.2, 0) is 14.9 Å². The Hall–Kier alpha value is -1.71. The van der Waals surface area contributed by atoms with E-state index in [0.29, 0.717) is 11.3 Å². The predicted octanol–water partition coefficient (Wildman–Crippen LogP) is 1.34. The van der Waals surface area contributed by atoms with Gasteiger partial charge >= 0.3 is 5.97 Å². The Bertz CT molecular complexity index is 368. The lowest BCUT2D eigenvalue weighted by molar-refractivity contribution is -0.111. The van der Waals surface area contributed by atoms with Crippen molar-refractivity contribution in [1.29, 1.82) is 0 Å². The van der Waals surface area contributed by atoms with E-state index in [1.54, 1.807) is 26.0 Å². The van der Waals surface area contributed by atoms with Crippen LogP contribution < -0.4 is 0 Å². The van der Waals surface area contributed by atoms with Gasteiger partial charge in [-0.15, -0.1) is 0 Å². The molecule has 0 saturated carbocycles. The third-order valence-electron chi connectivity index (χ3n) is 2.14. The van der Waals surface area contributed by atoms with E-state index in [2.05, 4.69) is 9.72 Å². The molecule has 0 aliphatic rings. The van der Waals surface area contributed by atoms with Crippen LogP contribution in [0.15, 0.2) is 18.3 Å². The SMILES string of the molecule is COC(=O)c1ccc(C(C)(C)C=O)nc1. The van der Waals surface area contributed by atoms with Crippen molar-refractivity contribution in [3.63, 3.8) is 0 Å². The summed E-state index contributed by atoms with van der Waals surface area (Å²) in [6.07, 6.45) is 2.24. The highest BCUT2D eigenvalue weighted by Crippen LogP contribution is 2.18. The molecule has 0 aliphatic carbocycles. The molecular weight excluding hydrogens is 194 g/mol. The summed E-state index contributed by atoms with van der Waals surface area (Å²) in [6.45, 7) is 3.53. The zero-order valence-electron chi connectivity index (χ0n) is 8.98. The number of nitrogens with zero attached hydrogens (tertiary/aromatic N) is 1. The molecule has 0 fully saturated rings. The number of pyridine rings is 1. The Balaban J connectivity index is 3.00. The van der Waals surface area contributed by atoms with Gasteiger partial charge in [-0.25, -0.2) is 4.79 Å². The van der Waals surface area contributed by atoms with Crippen molar-refractivity contribution < 1.29 is 14.3 Å². The summed E-state index contributed by atoms with van der Waals surface area (Å²) in [5.74, 6) is -0.432. The molecule has 0 radical (unpaired) electrons. The molecule has 0 spiro atoms. The van der Waals surface area contributed by atoms with Gasteiger partial charge in [-0.2, -0.15) is 0 Å². The second-order valence-corrected chi connectivity index (χ2v) is 3.76. The molecule has 0 atom stereocenters. The van der Waals surface area contributed by atoms with Gasteiger partial charge in [-0.05, 0) is 26.0 Å². The lowest BCUT2D eigenvalue weighted by Crippen LogP contribution is -2.20. The van der Waals surface area contributed by atoms with Crippen molar-refractivity contribution in [2.24, 2.45) is 0 Å². The van der Waals surface area contributed by atoms with E-state index in [9.17, 15) is 9.59 Å². The summed E-state index contributed by atoms with van der Waals surface area (Å²) < 4.78 is 4.54. The maximum absolute atomic E-state index is 11.1. The van der Waals surface area contributed by atoms with E-state index in [1.807, 2.05) is 0 Å². The van der Waals surface area contributed by atoms with Crippen molar-refractivity contribution in [2.75, 3.05) is 7.11 Å². The van der Waals surface area contributed by atoms with Gasteiger partial charge in [0.15, 0.2) is 0 Å². The van der Waals surface area contributed by atoms with Crippen molar-refractivity contribution in [3.05, 3.63) is 29.6 Å². The summed E-state index contributed by atoms with van der Waals surface area (Å²) in [4.78, 5) is 25.9. The molecule has 1 rings (SSSR count). The molecule has 0 amide bonds. The summed E-state index contributed by atoms with van der Waals surface area (Å²) >= 11 is 0. The Labute approximate surface area is 88.3 Å². The van der Waals surface area contributed by atoms with Crippen LogP contribution in [0.2, 0.25) is 0 Å². The normalized spacial score (nSPS) is 10.9. The fraction of sp³-hybridized carbons (Fsp3) is 0.364. The molecule has 0 N–H and O–H groups in total. The molecule has 15 heavy (non-hydrogen) atoms. The highest BCUT2D eigenvalue weighted by molar-refractivity contribution is 5.88. The van der Waals surface area contributed by atoms with E-state index >= 15 is 0 Å². The number of methoxy groups -OCH3 is 1. The second-order valence-electron chi connectivity index (χ2n) is 3.76. The van der Waals surface area contributed by atoms with E-state index < -0.39 is 11.4 Å². The van der Waals surface area contributed by atoms with Crippen molar-refractivity contribution in [3.8, 4) is 0 Å². The smallest absolute Gasteiger partial charge is 0.339 e. The molecule has 0 aromatic carbocycles. The van der Waals surface area contributed by atoms with Gasteiger partial charge < -0.3 is 9.53 Å². The fourth-order valence-electron chi connectivity index (χ4n) is 1.07. The first-order valence-corrected chi connectivity index (χ1v) is 4.52. The van der Waals surface area contributed by atoms with Gasteiger partial charge in [0, 0.05) is 6.20 Å². The number of ether oxygens (including phenoxy) is 1. The molecule has 0 aliphatic heterocycles. The summed E-state index contributed by atoms with van der Waals surface area (Å²) in [7, 11) is 1.31. The summed E-state index contributed by atoms with van der Waals surface area (Å²) in [5.41, 5.74) is 0.377. The van der Waals surface area contributed by atoms with Gasteiger partial charge in [0.25, 0.3) is 0 Å². The molecule has 80 valence electrons. The predicted molar refractivity (Wildman–Crippen MR) is 54.7 cm³/mol. The molecule has 1 aromatic rings. The number of esters is 1. The number of carbonyl (C=O) groups excluding carboxylic acids is 2. The number of carbonyl (C=O) groups is 2. The van der Waals surface area contributed by atoms with Gasteiger partial charge in [0.1, 0.15) is 6.29 Å². The summed E-state index contributed by atoms with van der Waals surface area (Å²) in [6, 6.07) is 3.25. The average Bonchev–Trinajstić information content (AvgIpc) is 2.28. The van der Waals surface area contributed by atoms with E-state index in [-0.39, 0.29) is 0 Å². The number of hydrogen-bond donors (Lipinski definition) is 0. The molecule has 4 nitrogen and oxygen atoms in total. The lowest BCUT2D eigenvalue weighted by atomic mass is 9.91. The monoisotopic (exact) mass is 207 g/mol. The molecule has 1 aromatic heterocycles. The van der Waals surface area contributed by atoms with Crippen LogP contribution in [0.25, 0.3) is 0 Å². The van der Waals surface area contributed by atoms with Crippen LogP contribution in [0.5, 0.6) is 0 Å². The molecule has 0 saturated heterocycles. The second kappa shape index (κ2) is 4.21. The molecular formula is C11H13NO3. The van der Waals surface area contributed by atoms with Crippen LogP contribution in [-0.4, -0.2) is 24.3 Å². The fourth-order valence-corrected chi connectivity index (χ4v) is 1.07. The van der Waals surface area contributed by atoms with Crippen LogP contribution >= 0.6 is 0 Å². The highest BCUT2D eigenvalue weighted by Gasteiger charge is 2.21. The standard InChI is InChI=1S/C11H13NO3/c1-11(2,7-13)9-5-4-8(6-12-9)10(14)15-3/h4-7H,1-3H3. The molecule has 0 unspecified atom stereocenters. The van der Waals surface area contributed by atoms with Crippen LogP contribution in [0.4, 0.5) is 0 Å². The minimum Gasteiger partial charge on any atom is -0.465 e. The first-order valence-electron chi connectivity index (χ1n) is 4.52. The van der Waals surface area contributed by atoms with E-state index in [1.165, 1.54) is 13.3 Å². The van der Waals surface area contributed by atoms with Gasteiger partial charge in [0.05, 0.1) is 23.8 Å². The molecule has 0 bridgehead atoms. The van der Waals surface area contributed by atoms with Gasteiger partial charge in [0.2, 0.25) is 0 Å². The van der Waals surface area contributed by atoms with E-state index in [4.69, 9.17) is 0 Å². The van der Waals surface area contributed by atoms with Crippen LogP contribution in [0.1, 0.15) is 29.9 Å². The largest absolute Gasteiger partial charge is 0.465 e. The van der Waals surface area contributed by atoms with Gasteiger partial charge in [-0.1, -0.05) is 0 Å². The minimum atomic E-state index is -0.630. The maximum Gasteiger partial charge on any atom is 0.339 e. The van der Waals surface area contributed by atoms with Gasteiger partial charge in [-0.3, -0.25) is 4.98 Å². The third kappa shape index (κ3) is 2.40. The van der Waals surface area contributed by atoms with Crippen LogP contribution in [0, 0.1) is 0 Å². The van der Waals surface area contributed by atoms with Crippen molar-refractivity contribution >= 4 is 12.3 Å². The molecule has 1 heterocycles. The highest BCUT2D eigenvalue weighted by atomic mass is 16.5. The zero-order chi connectivity index (χ0) is 11.5. The topological polar surface area (TPSA) is 56.3 Å². The average molecular weight is 207 g/mol. The maximum atomic E-state index is 11.1. The number of aromatic nitrogens is 1. The Morgan fingerprint density at radius 1 is 1.47 bits per heavy atom.